The van der Waals surface area contributed by atoms with Crippen molar-refractivity contribution in [2.24, 2.45) is 47.3 Å². The molecule has 2 heterocycles. The first kappa shape index (κ1) is 44.8. The third kappa shape index (κ3) is 8.46. The molecule has 8 rings (SSSR count). The van der Waals surface area contributed by atoms with Crippen molar-refractivity contribution in [2.45, 2.75) is 63.8 Å². The third-order valence-corrected chi connectivity index (χ3v) is 14.4. The predicted octanol–water partition coefficient (Wildman–Crippen LogP) is 4.14. The molecule has 0 saturated heterocycles. The number of amides is 4. The van der Waals surface area contributed by atoms with Gasteiger partial charge in [-0.25, -0.2) is 9.59 Å². The van der Waals surface area contributed by atoms with Crippen LogP contribution >= 0.6 is 12.4 Å². The van der Waals surface area contributed by atoms with Crippen LogP contribution in [0.4, 0.5) is 0 Å². The van der Waals surface area contributed by atoms with E-state index in [0.717, 1.165) is 11.0 Å². The van der Waals surface area contributed by atoms with E-state index in [-0.39, 0.29) is 48.1 Å². The number of carbonyl (C=O) groups excluding carboxylic acids is 6. The summed E-state index contributed by atoms with van der Waals surface area (Å²) in [6, 6.07) is 14.9. The van der Waals surface area contributed by atoms with Crippen LogP contribution in [0.5, 0.6) is 0 Å². The summed E-state index contributed by atoms with van der Waals surface area (Å²) in [4.78, 5) is 94.8. The molecule has 4 aromatic rings. The van der Waals surface area contributed by atoms with Gasteiger partial charge in [0.25, 0.3) is 0 Å². The molecule has 4 aliphatic carbocycles. The van der Waals surface area contributed by atoms with Gasteiger partial charge in [0, 0.05) is 71.2 Å². The van der Waals surface area contributed by atoms with Crippen LogP contribution < -0.4 is 16.0 Å². The van der Waals surface area contributed by atoms with Crippen LogP contribution in [0.3, 0.4) is 0 Å². The molecule has 2 aromatic carbocycles. The lowest BCUT2D eigenvalue weighted by molar-refractivity contribution is -0.147. The number of esters is 2. The third-order valence-electron chi connectivity index (χ3n) is 14.4. The van der Waals surface area contributed by atoms with Gasteiger partial charge in [0.2, 0.25) is 23.6 Å². The van der Waals surface area contributed by atoms with E-state index >= 15 is 0 Å². The number of halogens is 1. The second kappa shape index (κ2) is 18.2. The van der Waals surface area contributed by atoms with Crippen molar-refractivity contribution < 1.29 is 38.2 Å². The fraction of sp³-hybridized carbons (Fsp3) is 0.522. The second-order valence-electron chi connectivity index (χ2n) is 18.2. The molecule has 12 atom stereocenters. The van der Waals surface area contributed by atoms with E-state index in [9.17, 15) is 28.8 Å². The summed E-state index contributed by atoms with van der Waals surface area (Å²) in [5, 5.41) is 10.2. The largest absolute Gasteiger partial charge is 0.458 e. The number of para-hydroxylation sites is 2. The number of carbonyl (C=O) groups is 6. The summed E-state index contributed by atoms with van der Waals surface area (Å²) < 4.78 is 12.3. The molecule has 4 saturated carbocycles. The van der Waals surface area contributed by atoms with Gasteiger partial charge in [0.15, 0.2) is 0 Å². The summed E-state index contributed by atoms with van der Waals surface area (Å²) in [7, 11) is 7.68. The number of rotatable bonds is 14. The molecule has 16 heteroatoms. The lowest BCUT2D eigenvalue weighted by Crippen LogP contribution is -2.54. The average molecular weight is 872 g/mol. The molecular weight excluding hydrogens is 814 g/mol. The van der Waals surface area contributed by atoms with Crippen molar-refractivity contribution in [1.29, 1.82) is 0 Å². The first-order valence-corrected chi connectivity index (χ1v) is 21.5. The summed E-state index contributed by atoms with van der Waals surface area (Å²) in [6.45, 7) is 4.69. The van der Waals surface area contributed by atoms with Gasteiger partial charge in [-0.1, -0.05) is 36.4 Å². The van der Waals surface area contributed by atoms with Crippen LogP contribution in [0.15, 0.2) is 60.9 Å². The fourth-order valence-corrected chi connectivity index (χ4v) is 10.6. The van der Waals surface area contributed by atoms with Gasteiger partial charge in [-0.15, -0.1) is 12.4 Å². The maximum atomic E-state index is 14.6. The van der Waals surface area contributed by atoms with E-state index < -0.39 is 71.5 Å². The quantitative estimate of drug-likeness (QED) is 0.0909. The molecule has 332 valence electrons. The smallest absolute Gasteiger partial charge is 0.340 e. The molecular formula is C46H58ClN7O8. The Morgan fingerprint density at radius 1 is 0.597 bits per heavy atom. The van der Waals surface area contributed by atoms with E-state index in [4.69, 9.17) is 9.47 Å². The Hall–Kier alpha value is -5.25. The fourth-order valence-electron chi connectivity index (χ4n) is 10.6. The molecule has 5 N–H and O–H groups in total. The number of nitrogens with zero attached hydrogens (tertiary/aromatic N) is 2. The van der Waals surface area contributed by atoms with Crippen LogP contribution in [0.25, 0.3) is 21.8 Å². The van der Waals surface area contributed by atoms with E-state index in [1.165, 1.54) is 0 Å². The van der Waals surface area contributed by atoms with Gasteiger partial charge in [0.1, 0.15) is 12.2 Å². The minimum atomic E-state index is -0.972. The van der Waals surface area contributed by atoms with Gasteiger partial charge < -0.3 is 39.9 Å². The normalized spacial score (nSPS) is 28.1. The Kier molecular flexibility index (Phi) is 13.2. The Bertz CT molecular complexity index is 2180. The highest BCUT2D eigenvalue weighted by Crippen LogP contribution is 2.56. The zero-order chi connectivity index (χ0) is 43.3. The number of hydrogen-bond acceptors (Lipinski definition) is 10. The maximum absolute atomic E-state index is 14.6. The maximum Gasteiger partial charge on any atom is 0.340 e. The Morgan fingerprint density at radius 3 is 1.37 bits per heavy atom. The second-order valence-corrected chi connectivity index (χ2v) is 18.2. The predicted molar refractivity (Wildman–Crippen MR) is 234 cm³/mol. The number of benzene rings is 2. The highest BCUT2D eigenvalue weighted by atomic mass is 35.5. The van der Waals surface area contributed by atoms with E-state index in [1.807, 2.05) is 100 Å². The number of H-pyrrole nitrogens is 2. The number of fused-ring (bicyclic) bond motifs is 6. The number of imide groups is 1. The number of likely N-dealkylation sites (N-methyl/N-ethyl adjacent to an activating group) is 2. The molecule has 15 nitrogen and oxygen atoms in total. The van der Waals surface area contributed by atoms with Crippen LogP contribution in [-0.2, 0) is 28.7 Å². The van der Waals surface area contributed by atoms with Gasteiger partial charge in [0.05, 0.1) is 34.8 Å². The molecule has 4 aliphatic rings. The molecule has 4 bridgehead atoms. The highest BCUT2D eigenvalue weighted by molar-refractivity contribution is 6.05. The highest BCUT2D eigenvalue weighted by Gasteiger charge is 2.62. The molecule has 0 radical (unpaired) electrons. The molecule has 4 fully saturated rings. The van der Waals surface area contributed by atoms with Crippen LogP contribution in [0, 0.1) is 47.3 Å². The Labute approximate surface area is 367 Å². The first-order chi connectivity index (χ1) is 29.2. The number of aromatic nitrogens is 2. The number of nitrogens with one attached hydrogen (secondary N) is 5. The number of hydrogen-bond donors (Lipinski definition) is 5. The zero-order valence-electron chi connectivity index (χ0n) is 36.0. The molecule has 2 aromatic heterocycles. The molecule has 12 unspecified atom stereocenters. The van der Waals surface area contributed by atoms with Crippen molar-refractivity contribution in [3.63, 3.8) is 0 Å². The minimum Gasteiger partial charge on any atom is -0.458 e. The molecule has 0 spiro atoms. The van der Waals surface area contributed by atoms with Gasteiger partial charge in [-0.2, -0.15) is 0 Å². The van der Waals surface area contributed by atoms with Crippen molar-refractivity contribution >= 4 is 69.8 Å². The van der Waals surface area contributed by atoms with Crippen molar-refractivity contribution in [3.05, 3.63) is 72.1 Å². The van der Waals surface area contributed by atoms with Crippen molar-refractivity contribution in [1.82, 2.24) is 35.7 Å². The van der Waals surface area contributed by atoms with Crippen LogP contribution in [0.2, 0.25) is 0 Å². The molecule has 0 aliphatic heterocycles. The van der Waals surface area contributed by atoms with Gasteiger partial charge in [-0.05, 0) is 91.7 Å². The SMILES string of the molecule is CC(CNC(=O)C1C2CC(OC(=O)c3c[nH]c4ccccc34)C(C2)C1C(=O)NC(=O)C1C2CC(CC2OC(=O)c2c[nH]c3ccccc23)C1C(=O)NCC(C)N(C)C)N(C)C.Cl. The summed E-state index contributed by atoms with van der Waals surface area (Å²) >= 11 is 0. The van der Waals surface area contributed by atoms with Crippen molar-refractivity contribution in [3.8, 4) is 0 Å². The monoisotopic (exact) mass is 871 g/mol. The lowest BCUT2D eigenvalue weighted by atomic mass is 9.75. The minimum absolute atomic E-state index is 0. The lowest BCUT2D eigenvalue weighted by Gasteiger charge is -2.36. The van der Waals surface area contributed by atoms with Crippen LogP contribution in [-0.4, -0.2) is 121 Å². The van der Waals surface area contributed by atoms with Crippen LogP contribution in [0.1, 0.15) is 60.2 Å². The van der Waals surface area contributed by atoms with Gasteiger partial charge >= 0.3 is 11.9 Å². The average Bonchev–Trinajstić information content (AvgIpc) is 4.10. The van der Waals surface area contributed by atoms with E-state index in [2.05, 4.69) is 25.9 Å². The zero-order valence-corrected chi connectivity index (χ0v) is 36.8. The Balaban J connectivity index is 0.00000578. The number of ether oxygens (including phenoxy) is 2. The summed E-state index contributed by atoms with van der Waals surface area (Å²) in [5.41, 5.74) is 2.33. The Morgan fingerprint density at radius 2 is 0.984 bits per heavy atom. The molecule has 62 heavy (non-hydrogen) atoms. The summed E-state index contributed by atoms with van der Waals surface area (Å²) in [6.07, 6.45) is 3.65. The molecule has 4 amide bonds. The van der Waals surface area contributed by atoms with Crippen molar-refractivity contribution in [2.75, 3.05) is 41.3 Å². The number of aromatic amines is 2. The standard InChI is InChI=1S/C46H57N7O8.ClH/c1-23(52(3)4)19-49-41(54)37-25-15-29(35(17-25)60-45(58)31-21-47-33-13-9-7-11-27(31)33)39(37)43(56)51-44(57)40-30-16-26(38(40)42(55)50-20-24(2)53(5)6)18-36(30)61-46(59)32-22-48-34-14-10-8-12-28(32)34;/h7-14,21-26,29-30,35-40,47-48H,15-20H2,1-6H3,(H,49,54)(H,50,55)(H,51,56,57);1H. The van der Waals surface area contributed by atoms with E-state index in [0.29, 0.717) is 60.7 Å². The van der Waals surface area contributed by atoms with Gasteiger partial charge in [-0.3, -0.25) is 24.5 Å². The summed E-state index contributed by atoms with van der Waals surface area (Å²) in [5.74, 6) is -7.94. The first-order valence-electron chi connectivity index (χ1n) is 21.5. The topological polar surface area (TPSA) is 195 Å². The van der Waals surface area contributed by atoms with E-state index in [1.54, 1.807) is 12.4 Å².